The summed E-state index contributed by atoms with van der Waals surface area (Å²) in [6, 6.07) is 13.4. The first-order chi connectivity index (χ1) is 12.9. The number of fused-ring (bicyclic) bond motifs is 1. The number of hydrogen-bond acceptors (Lipinski definition) is 3. The van der Waals surface area contributed by atoms with Crippen LogP contribution in [0, 0.1) is 5.92 Å². The molecule has 27 heavy (non-hydrogen) atoms. The molecule has 2 fully saturated rings. The Kier molecular flexibility index (Phi) is 4.13. The van der Waals surface area contributed by atoms with Crippen molar-refractivity contribution in [3.8, 4) is 0 Å². The summed E-state index contributed by atoms with van der Waals surface area (Å²) in [6.45, 7) is 3.38. The fourth-order valence-electron chi connectivity index (χ4n) is 3.79. The zero-order valence-corrected chi connectivity index (χ0v) is 15.5. The average Bonchev–Trinajstić information content (AvgIpc) is 3.47. The Balaban J connectivity index is 1.42. The van der Waals surface area contributed by atoms with Crippen LogP contribution in [0.15, 0.2) is 42.5 Å². The number of hydrogen-bond donors (Lipinski definition) is 2. The summed E-state index contributed by atoms with van der Waals surface area (Å²) in [4.78, 5) is 38.3. The molecule has 0 aromatic heterocycles. The number of rotatable bonds is 5. The third-order valence-electron chi connectivity index (χ3n) is 5.65. The molecule has 6 nitrogen and oxygen atoms in total. The predicted octanol–water partition coefficient (Wildman–Crippen LogP) is 2.74. The highest BCUT2D eigenvalue weighted by Gasteiger charge is 2.56. The Bertz CT molecular complexity index is 937. The van der Waals surface area contributed by atoms with E-state index in [1.54, 1.807) is 6.92 Å². The van der Waals surface area contributed by atoms with E-state index in [-0.39, 0.29) is 30.3 Å². The Labute approximate surface area is 157 Å². The fourth-order valence-corrected chi connectivity index (χ4v) is 3.79. The van der Waals surface area contributed by atoms with Gasteiger partial charge in [0.1, 0.15) is 12.1 Å². The molecular weight excluding hydrogens is 342 g/mol. The standard InChI is InChI=1S/C21H23N3O3/c1-13(15-8-7-14-5-3-4-6-16(14)11-15)22-18(25)12-24-19(26)21(2,17-9-10-17)23-20(24)27/h3-8,11,13,17H,9-10,12H2,1-2H3,(H,22,25)(H,23,27). The number of carbonyl (C=O) groups is 3. The van der Waals surface area contributed by atoms with Crippen LogP contribution in [0.4, 0.5) is 4.79 Å². The number of urea groups is 1. The number of nitrogens with one attached hydrogen (secondary N) is 2. The SMILES string of the molecule is CC(NC(=O)CN1C(=O)NC(C)(C2CC2)C1=O)c1ccc2ccccc2c1. The van der Waals surface area contributed by atoms with E-state index in [1.165, 1.54) is 0 Å². The van der Waals surface area contributed by atoms with Gasteiger partial charge in [0.2, 0.25) is 5.91 Å². The highest BCUT2D eigenvalue weighted by atomic mass is 16.2. The van der Waals surface area contributed by atoms with Gasteiger partial charge in [0.05, 0.1) is 6.04 Å². The van der Waals surface area contributed by atoms with Crippen LogP contribution >= 0.6 is 0 Å². The second kappa shape index (κ2) is 6.37. The summed E-state index contributed by atoms with van der Waals surface area (Å²) in [5.41, 5.74) is 0.114. The Morgan fingerprint density at radius 2 is 1.93 bits per heavy atom. The summed E-state index contributed by atoms with van der Waals surface area (Å²) in [6.07, 6.45) is 1.86. The van der Waals surface area contributed by atoms with Crippen LogP contribution in [-0.2, 0) is 9.59 Å². The minimum atomic E-state index is -0.860. The van der Waals surface area contributed by atoms with Gasteiger partial charge in [-0.15, -0.1) is 0 Å². The van der Waals surface area contributed by atoms with Gasteiger partial charge >= 0.3 is 6.03 Å². The van der Waals surface area contributed by atoms with Crippen molar-refractivity contribution in [3.63, 3.8) is 0 Å². The van der Waals surface area contributed by atoms with Gasteiger partial charge in [-0.2, -0.15) is 0 Å². The third-order valence-corrected chi connectivity index (χ3v) is 5.65. The molecular formula is C21H23N3O3. The normalized spacial score (nSPS) is 23.4. The van der Waals surface area contributed by atoms with Crippen molar-refractivity contribution in [3.05, 3.63) is 48.0 Å². The van der Waals surface area contributed by atoms with Crippen LogP contribution in [0.5, 0.6) is 0 Å². The van der Waals surface area contributed by atoms with Crippen molar-refractivity contribution >= 4 is 28.6 Å². The molecule has 0 radical (unpaired) electrons. The van der Waals surface area contributed by atoms with Crippen molar-refractivity contribution < 1.29 is 14.4 Å². The molecule has 2 aromatic rings. The zero-order chi connectivity index (χ0) is 19.2. The van der Waals surface area contributed by atoms with Crippen LogP contribution < -0.4 is 10.6 Å². The first-order valence-corrected chi connectivity index (χ1v) is 9.30. The van der Waals surface area contributed by atoms with E-state index in [1.807, 2.05) is 49.4 Å². The minimum absolute atomic E-state index is 0.179. The molecule has 2 N–H and O–H groups in total. The molecule has 2 atom stereocenters. The van der Waals surface area contributed by atoms with Crippen LogP contribution in [0.25, 0.3) is 10.8 Å². The van der Waals surface area contributed by atoms with Gasteiger partial charge in [0.25, 0.3) is 5.91 Å². The van der Waals surface area contributed by atoms with Gasteiger partial charge in [-0.25, -0.2) is 4.79 Å². The lowest BCUT2D eigenvalue weighted by Gasteiger charge is -2.21. The highest BCUT2D eigenvalue weighted by Crippen LogP contribution is 2.42. The summed E-state index contributed by atoms with van der Waals surface area (Å²) >= 11 is 0. The molecule has 2 unspecified atom stereocenters. The molecule has 1 heterocycles. The molecule has 4 amide bonds. The largest absolute Gasteiger partial charge is 0.348 e. The van der Waals surface area contributed by atoms with E-state index in [0.29, 0.717) is 0 Å². The number of benzene rings is 2. The second-order valence-corrected chi connectivity index (χ2v) is 7.69. The predicted molar refractivity (Wildman–Crippen MR) is 102 cm³/mol. The zero-order valence-electron chi connectivity index (χ0n) is 15.5. The summed E-state index contributed by atoms with van der Waals surface area (Å²) < 4.78 is 0. The Morgan fingerprint density at radius 1 is 1.22 bits per heavy atom. The Hall–Kier alpha value is -2.89. The summed E-state index contributed by atoms with van der Waals surface area (Å²) in [7, 11) is 0. The van der Waals surface area contributed by atoms with Gasteiger partial charge in [-0.3, -0.25) is 14.5 Å². The van der Waals surface area contributed by atoms with Crippen LogP contribution in [0.1, 0.15) is 38.3 Å². The van der Waals surface area contributed by atoms with Crippen molar-refractivity contribution in [1.29, 1.82) is 0 Å². The van der Waals surface area contributed by atoms with Gasteiger partial charge in [-0.05, 0) is 55.0 Å². The molecule has 2 aromatic carbocycles. The van der Waals surface area contributed by atoms with Crippen molar-refractivity contribution in [2.24, 2.45) is 5.92 Å². The lowest BCUT2D eigenvalue weighted by molar-refractivity contribution is -0.135. The molecule has 4 rings (SSSR count). The monoisotopic (exact) mass is 365 g/mol. The minimum Gasteiger partial charge on any atom is -0.348 e. The third kappa shape index (κ3) is 3.16. The number of carbonyl (C=O) groups excluding carboxylic acids is 3. The topological polar surface area (TPSA) is 78.5 Å². The first kappa shape index (κ1) is 17.5. The Morgan fingerprint density at radius 3 is 2.63 bits per heavy atom. The average molecular weight is 365 g/mol. The van der Waals surface area contributed by atoms with Crippen molar-refractivity contribution in [1.82, 2.24) is 15.5 Å². The van der Waals surface area contributed by atoms with Crippen molar-refractivity contribution in [2.75, 3.05) is 6.54 Å². The lowest BCUT2D eigenvalue weighted by atomic mass is 9.96. The number of amides is 4. The summed E-state index contributed by atoms with van der Waals surface area (Å²) in [5, 5.41) is 7.89. The first-order valence-electron chi connectivity index (χ1n) is 9.30. The molecule has 1 saturated heterocycles. The molecule has 2 aliphatic rings. The molecule has 6 heteroatoms. The maximum Gasteiger partial charge on any atom is 0.325 e. The van der Waals surface area contributed by atoms with Gasteiger partial charge in [-0.1, -0.05) is 36.4 Å². The maximum absolute atomic E-state index is 12.6. The van der Waals surface area contributed by atoms with Crippen LogP contribution in [0.3, 0.4) is 0 Å². The molecule has 140 valence electrons. The van der Waals surface area contributed by atoms with Crippen LogP contribution in [-0.4, -0.2) is 34.8 Å². The van der Waals surface area contributed by atoms with Gasteiger partial charge in [0.15, 0.2) is 0 Å². The van der Waals surface area contributed by atoms with Crippen LogP contribution in [0.2, 0.25) is 0 Å². The van der Waals surface area contributed by atoms with E-state index < -0.39 is 11.6 Å². The second-order valence-electron chi connectivity index (χ2n) is 7.69. The molecule has 1 saturated carbocycles. The lowest BCUT2D eigenvalue weighted by Crippen LogP contribution is -2.47. The van der Waals surface area contributed by atoms with E-state index in [9.17, 15) is 14.4 Å². The molecule has 1 aliphatic carbocycles. The quantitative estimate of drug-likeness (QED) is 0.800. The molecule has 0 bridgehead atoms. The smallest absolute Gasteiger partial charge is 0.325 e. The summed E-state index contributed by atoms with van der Waals surface area (Å²) in [5.74, 6) is -0.471. The number of nitrogens with zero attached hydrogens (tertiary/aromatic N) is 1. The highest BCUT2D eigenvalue weighted by molar-refractivity contribution is 6.09. The van der Waals surface area contributed by atoms with Crippen molar-refractivity contribution in [2.45, 2.75) is 38.3 Å². The number of imide groups is 1. The molecule has 0 spiro atoms. The fraction of sp³-hybridized carbons (Fsp3) is 0.381. The maximum atomic E-state index is 12.6. The van der Waals surface area contributed by atoms with E-state index >= 15 is 0 Å². The van der Waals surface area contributed by atoms with E-state index in [0.717, 1.165) is 34.1 Å². The van der Waals surface area contributed by atoms with E-state index in [4.69, 9.17) is 0 Å². The van der Waals surface area contributed by atoms with Gasteiger partial charge < -0.3 is 10.6 Å². The van der Waals surface area contributed by atoms with Gasteiger partial charge in [0, 0.05) is 0 Å². The van der Waals surface area contributed by atoms with E-state index in [2.05, 4.69) is 10.6 Å². The molecule has 1 aliphatic heterocycles.